The van der Waals surface area contributed by atoms with Crippen LogP contribution >= 0.6 is 0 Å². The first-order valence-electron chi connectivity index (χ1n) is 6.75. The summed E-state index contributed by atoms with van der Waals surface area (Å²) in [5.74, 6) is -7.90. The summed E-state index contributed by atoms with van der Waals surface area (Å²) in [6.45, 7) is 0. The van der Waals surface area contributed by atoms with Crippen molar-refractivity contribution in [1.82, 2.24) is 10.6 Å². The molecule has 0 aromatic rings. The molecule has 0 aliphatic carbocycles. The molecule has 25 heavy (non-hydrogen) atoms. The van der Waals surface area contributed by atoms with Crippen LogP contribution in [0.4, 0.5) is 0 Å². The lowest BCUT2D eigenvalue weighted by Crippen LogP contribution is -2.55. The molecule has 0 aromatic carbocycles. The molecule has 0 unspecified atom stereocenters. The molecule has 9 N–H and O–H groups in total. The molecule has 3 atom stereocenters. The summed E-state index contributed by atoms with van der Waals surface area (Å²) in [6, 6.07) is -5.02. The third-order valence-electron chi connectivity index (χ3n) is 2.76. The Balaban J connectivity index is 5.11. The van der Waals surface area contributed by atoms with Crippen LogP contribution in [0.1, 0.15) is 19.3 Å². The van der Waals surface area contributed by atoms with Crippen LogP contribution in [-0.2, 0) is 28.8 Å². The fourth-order valence-electron chi connectivity index (χ4n) is 1.62. The maximum atomic E-state index is 12.0. The van der Waals surface area contributed by atoms with Crippen molar-refractivity contribution in [3.8, 4) is 0 Å². The second-order valence-electron chi connectivity index (χ2n) is 4.93. The molecule has 0 saturated carbocycles. The third kappa shape index (κ3) is 8.85. The average Bonchev–Trinajstić information content (AvgIpc) is 2.43. The minimum Gasteiger partial charge on any atom is -0.481 e. The third-order valence-corrected chi connectivity index (χ3v) is 2.76. The Kier molecular flexibility index (Phi) is 8.55. The molecule has 0 fully saturated rings. The number of hydrogen-bond donors (Lipinski definition) is 7. The van der Waals surface area contributed by atoms with Crippen LogP contribution in [0.3, 0.4) is 0 Å². The van der Waals surface area contributed by atoms with E-state index in [4.69, 9.17) is 26.8 Å². The molecule has 13 nitrogen and oxygen atoms in total. The van der Waals surface area contributed by atoms with E-state index in [1.807, 2.05) is 10.6 Å². The number of carboxylic acid groups (broad SMARTS) is 3. The standard InChI is InChI=1S/C12H18N4O9/c13-4(1-7(14)17)10(22)15-5(2-8(18)19)11(23)16-6(12(24)25)3-9(20)21/h4-6H,1-3,13H2,(H2,14,17)(H,15,22)(H,16,23)(H,18,19)(H,20,21)(H,24,25)/t4-,5-,6-/m0/s1. The van der Waals surface area contributed by atoms with E-state index >= 15 is 0 Å². The quantitative estimate of drug-likeness (QED) is 0.189. The summed E-state index contributed by atoms with van der Waals surface area (Å²) in [4.78, 5) is 66.7. The monoisotopic (exact) mass is 362 g/mol. The van der Waals surface area contributed by atoms with E-state index in [0.717, 1.165) is 0 Å². The summed E-state index contributed by atoms with van der Waals surface area (Å²) >= 11 is 0. The van der Waals surface area contributed by atoms with Crippen molar-refractivity contribution in [3.63, 3.8) is 0 Å². The lowest BCUT2D eigenvalue weighted by atomic mass is 10.1. The number of carbonyl (C=O) groups excluding carboxylic acids is 3. The van der Waals surface area contributed by atoms with Gasteiger partial charge in [0.15, 0.2) is 0 Å². The molecule has 0 bridgehead atoms. The van der Waals surface area contributed by atoms with Crippen molar-refractivity contribution in [1.29, 1.82) is 0 Å². The van der Waals surface area contributed by atoms with Gasteiger partial charge in [-0.3, -0.25) is 24.0 Å². The molecule has 140 valence electrons. The van der Waals surface area contributed by atoms with Gasteiger partial charge in [0.2, 0.25) is 17.7 Å². The first kappa shape index (κ1) is 21.8. The molecule has 0 heterocycles. The fraction of sp³-hybridized carbons (Fsp3) is 0.500. The van der Waals surface area contributed by atoms with Crippen molar-refractivity contribution >= 4 is 35.6 Å². The predicted octanol–water partition coefficient (Wildman–Crippen LogP) is -3.81. The molecular weight excluding hydrogens is 344 g/mol. The van der Waals surface area contributed by atoms with E-state index in [1.54, 1.807) is 0 Å². The summed E-state index contributed by atoms with van der Waals surface area (Å²) in [5, 5.41) is 30.0. The van der Waals surface area contributed by atoms with E-state index in [-0.39, 0.29) is 0 Å². The van der Waals surface area contributed by atoms with Gasteiger partial charge in [0, 0.05) is 0 Å². The van der Waals surface area contributed by atoms with E-state index in [9.17, 15) is 28.8 Å². The number of hydrogen-bond acceptors (Lipinski definition) is 7. The number of carbonyl (C=O) groups is 6. The maximum Gasteiger partial charge on any atom is 0.326 e. The topological polar surface area (TPSA) is 239 Å². The van der Waals surface area contributed by atoms with Crippen LogP contribution in [0.15, 0.2) is 0 Å². The Morgan fingerprint density at radius 1 is 0.760 bits per heavy atom. The minimum absolute atomic E-state index is 0.565. The predicted molar refractivity (Wildman–Crippen MR) is 77.8 cm³/mol. The summed E-state index contributed by atoms with van der Waals surface area (Å²) in [7, 11) is 0. The highest BCUT2D eigenvalue weighted by Crippen LogP contribution is 2.00. The van der Waals surface area contributed by atoms with Crippen molar-refractivity contribution < 1.29 is 44.1 Å². The Bertz CT molecular complexity index is 577. The largest absolute Gasteiger partial charge is 0.481 e. The summed E-state index contributed by atoms with van der Waals surface area (Å²) in [5.41, 5.74) is 10.2. The van der Waals surface area contributed by atoms with Gasteiger partial charge in [-0.1, -0.05) is 0 Å². The summed E-state index contributed by atoms with van der Waals surface area (Å²) in [6.07, 6.45) is -2.46. The lowest BCUT2D eigenvalue weighted by Gasteiger charge is -2.21. The van der Waals surface area contributed by atoms with E-state index in [0.29, 0.717) is 0 Å². The molecule has 13 heteroatoms. The van der Waals surface area contributed by atoms with Crippen LogP contribution in [0.25, 0.3) is 0 Å². The van der Waals surface area contributed by atoms with Crippen molar-refractivity contribution in [3.05, 3.63) is 0 Å². The molecular formula is C12H18N4O9. The zero-order valence-corrected chi connectivity index (χ0v) is 12.8. The molecule has 0 radical (unpaired) electrons. The Morgan fingerprint density at radius 2 is 1.20 bits per heavy atom. The van der Waals surface area contributed by atoms with Gasteiger partial charge in [-0.05, 0) is 0 Å². The van der Waals surface area contributed by atoms with Gasteiger partial charge < -0.3 is 37.4 Å². The van der Waals surface area contributed by atoms with Gasteiger partial charge in [-0.15, -0.1) is 0 Å². The fourth-order valence-corrected chi connectivity index (χ4v) is 1.62. The number of nitrogens with one attached hydrogen (secondary N) is 2. The van der Waals surface area contributed by atoms with Crippen LogP contribution in [0.2, 0.25) is 0 Å². The highest BCUT2D eigenvalue weighted by molar-refractivity contribution is 5.95. The van der Waals surface area contributed by atoms with Crippen LogP contribution < -0.4 is 22.1 Å². The van der Waals surface area contributed by atoms with Crippen LogP contribution in [0, 0.1) is 0 Å². The number of aliphatic carboxylic acids is 3. The van der Waals surface area contributed by atoms with Crippen molar-refractivity contribution in [2.24, 2.45) is 11.5 Å². The molecule has 0 spiro atoms. The number of rotatable bonds is 11. The molecule has 0 saturated heterocycles. The maximum absolute atomic E-state index is 12.0. The minimum atomic E-state index is -1.84. The van der Waals surface area contributed by atoms with Crippen LogP contribution in [-0.4, -0.2) is 69.1 Å². The molecule has 0 aliphatic heterocycles. The summed E-state index contributed by atoms with van der Waals surface area (Å²) < 4.78 is 0. The first-order valence-corrected chi connectivity index (χ1v) is 6.75. The van der Waals surface area contributed by atoms with Gasteiger partial charge in [-0.2, -0.15) is 0 Å². The zero-order chi connectivity index (χ0) is 19.7. The number of amides is 3. The SMILES string of the molecule is NC(=O)C[C@H](N)C(=O)N[C@@H](CC(=O)O)C(=O)N[C@@H](CC(=O)O)C(=O)O. The first-order chi connectivity index (χ1) is 11.4. The van der Waals surface area contributed by atoms with E-state index in [2.05, 4.69) is 0 Å². The Hall–Kier alpha value is -3.22. The number of carboxylic acids is 3. The van der Waals surface area contributed by atoms with Gasteiger partial charge in [0.25, 0.3) is 0 Å². The smallest absolute Gasteiger partial charge is 0.326 e. The van der Waals surface area contributed by atoms with Gasteiger partial charge in [-0.25, -0.2) is 4.79 Å². The molecule has 0 rings (SSSR count). The van der Waals surface area contributed by atoms with Gasteiger partial charge >= 0.3 is 17.9 Å². The van der Waals surface area contributed by atoms with Crippen LogP contribution in [0.5, 0.6) is 0 Å². The second kappa shape index (κ2) is 9.82. The van der Waals surface area contributed by atoms with E-state index < -0.39 is 73.0 Å². The number of nitrogens with two attached hydrogens (primary N) is 2. The average molecular weight is 362 g/mol. The zero-order valence-electron chi connectivity index (χ0n) is 12.8. The Morgan fingerprint density at radius 3 is 1.60 bits per heavy atom. The molecule has 0 aromatic heterocycles. The number of primary amides is 1. The van der Waals surface area contributed by atoms with Crippen molar-refractivity contribution in [2.45, 2.75) is 37.4 Å². The lowest BCUT2D eigenvalue weighted by molar-refractivity contribution is -0.148. The highest BCUT2D eigenvalue weighted by Gasteiger charge is 2.30. The van der Waals surface area contributed by atoms with Crippen molar-refractivity contribution in [2.75, 3.05) is 0 Å². The highest BCUT2D eigenvalue weighted by atomic mass is 16.4. The Labute approximate surface area is 140 Å². The normalized spacial score (nSPS) is 13.8. The second-order valence-corrected chi connectivity index (χ2v) is 4.93. The van der Waals surface area contributed by atoms with Gasteiger partial charge in [0.05, 0.1) is 25.3 Å². The van der Waals surface area contributed by atoms with Gasteiger partial charge in [0.1, 0.15) is 12.1 Å². The molecule has 0 aliphatic rings. The van der Waals surface area contributed by atoms with E-state index in [1.165, 1.54) is 0 Å². The molecule has 3 amide bonds.